The van der Waals surface area contributed by atoms with Gasteiger partial charge < -0.3 is 10.1 Å². The van der Waals surface area contributed by atoms with E-state index in [4.69, 9.17) is 0 Å². The largest absolute Gasteiger partial charge is 0.493 e. The number of H-pyrrole nitrogens is 1. The SMILES string of the molecule is CC(C)CSCc1nc(O)c(C(C)C)c(=O)[nH]1. The van der Waals surface area contributed by atoms with E-state index in [9.17, 15) is 9.90 Å². The first-order chi connectivity index (χ1) is 7.91. The van der Waals surface area contributed by atoms with Gasteiger partial charge in [-0.3, -0.25) is 4.79 Å². The molecule has 96 valence electrons. The molecule has 0 bridgehead atoms. The van der Waals surface area contributed by atoms with Crippen LogP contribution >= 0.6 is 11.8 Å². The van der Waals surface area contributed by atoms with Crippen LogP contribution in [0, 0.1) is 5.92 Å². The molecule has 2 N–H and O–H groups in total. The van der Waals surface area contributed by atoms with Crippen LogP contribution in [0.5, 0.6) is 5.88 Å². The summed E-state index contributed by atoms with van der Waals surface area (Å²) in [5, 5.41) is 9.71. The standard InChI is InChI=1S/C12H20N2O2S/c1-7(2)5-17-6-9-13-11(15)10(8(3)4)12(16)14-9/h7-8H,5-6H2,1-4H3,(H2,13,14,15,16). The minimum Gasteiger partial charge on any atom is -0.493 e. The Bertz CT molecular complexity index is 427. The summed E-state index contributed by atoms with van der Waals surface area (Å²) in [4.78, 5) is 18.5. The lowest BCUT2D eigenvalue weighted by Crippen LogP contribution is -2.17. The molecule has 0 radical (unpaired) electrons. The van der Waals surface area contributed by atoms with Gasteiger partial charge in [0.25, 0.3) is 5.56 Å². The predicted octanol–water partition coefficient (Wildman–Crippen LogP) is 2.49. The molecule has 1 rings (SSSR count). The van der Waals surface area contributed by atoms with E-state index in [0.29, 0.717) is 23.1 Å². The molecule has 1 heterocycles. The maximum absolute atomic E-state index is 11.7. The topological polar surface area (TPSA) is 66.0 Å². The quantitative estimate of drug-likeness (QED) is 0.849. The average Bonchev–Trinajstić information content (AvgIpc) is 2.14. The van der Waals surface area contributed by atoms with E-state index in [0.717, 1.165) is 5.75 Å². The molecule has 0 aliphatic carbocycles. The van der Waals surface area contributed by atoms with Crippen molar-refractivity contribution in [2.24, 2.45) is 5.92 Å². The van der Waals surface area contributed by atoms with Gasteiger partial charge in [0.2, 0.25) is 5.88 Å². The predicted molar refractivity (Wildman–Crippen MR) is 71.6 cm³/mol. The van der Waals surface area contributed by atoms with Gasteiger partial charge in [-0.25, -0.2) is 0 Å². The second-order valence-electron chi connectivity index (χ2n) is 4.81. The van der Waals surface area contributed by atoms with E-state index >= 15 is 0 Å². The zero-order chi connectivity index (χ0) is 13.0. The molecule has 0 fully saturated rings. The number of aromatic amines is 1. The van der Waals surface area contributed by atoms with Gasteiger partial charge in [-0.1, -0.05) is 27.7 Å². The summed E-state index contributed by atoms with van der Waals surface area (Å²) in [6, 6.07) is 0. The molecule has 0 atom stereocenters. The second-order valence-corrected chi connectivity index (χ2v) is 5.84. The van der Waals surface area contributed by atoms with Crippen molar-refractivity contribution in [2.75, 3.05) is 5.75 Å². The van der Waals surface area contributed by atoms with Gasteiger partial charge in [-0.2, -0.15) is 16.7 Å². The molecule has 4 nitrogen and oxygen atoms in total. The molecule has 5 heteroatoms. The van der Waals surface area contributed by atoms with Crippen molar-refractivity contribution in [3.05, 3.63) is 21.7 Å². The molecule has 1 aromatic rings. The lowest BCUT2D eigenvalue weighted by atomic mass is 10.1. The highest BCUT2D eigenvalue weighted by atomic mass is 32.2. The normalized spacial score (nSPS) is 11.4. The van der Waals surface area contributed by atoms with E-state index in [-0.39, 0.29) is 17.4 Å². The first kappa shape index (κ1) is 14.1. The van der Waals surface area contributed by atoms with Crippen molar-refractivity contribution < 1.29 is 5.11 Å². The molecule has 0 amide bonds. The van der Waals surface area contributed by atoms with E-state index < -0.39 is 0 Å². The third-order valence-electron chi connectivity index (χ3n) is 2.25. The number of rotatable bonds is 5. The van der Waals surface area contributed by atoms with Crippen LogP contribution in [0.3, 0.4) is 0 Å². The van der Waals surface area contributed by atoms with Gasteiger partial charge >= 0.3 is 0 Å². The number of aromatic hydroxyl groups is 1. The summed E-state index contributed by atoms with van der Waals surface area (Å²) in [5.41, 5.74) is 0.134. The number of nitrogens with zero attached hydrogens (tertiary/aromatic N) is 1. The molecule has 0 aromatic carbocycles. The third kappa shape index (κ3) is 4.07. The first-order valence-electron chi connectivity index (χ1n) is 5.81. The highest BCUT2D eigenvalue weighted by Gasteiger charge is 2.13. The molecule has 0 unspecified atom stereocenters. The van der Waals surface area contributed by atoms with E-state index in [1.165, 1.54) is 0 Å². The van der Waals surface area contributed by atoms with Crippen LogP contribution in [-0.2, 0) is 5.75 Å². The molecule has 17 heavy (non-hydrogen) atoms. The average molecular weight is 256 g/mol. The number of hydrogen-bond acceptors (Lipinski definition) is 4. The Hall–Kier alpha value is -0.970. The van der Waals surface area contributed by atoms with Crippen LogP contribution in [0.2, 0.25) is 0 Å². The Kier molecular flexibility index (Phi) is 5.05. The van der Waals surface area contributed by atoms with Gasteiger partial charge in [0, 0.05) is 0 Å². The molecule has 0 saturated carbocycles. The van der Waals surface area contributed by atoms with Crippen molar-refractivity contribution in [1.82, 2.24) is 9.97 Å². The van der Waals surface area contributed by atoms with Crippen LogP contribution in [0.4, 0.5) is 0 Å². The summed E-state index contributed by atoms with van der Waals surface area (Å²) < 4.78 is 0. The van der Waals surface area contributed by atoms with Gasteiger partial charge in [0.15, 0.2) is 0 Å². The second kappa shape index (κ2) is 6.10. The van der Waals surface area contributed by atoms with E-state index in [1.54, 1.807) is 11.8 Å². The van der Waals surface area contributed by atoms with Crippen LogP contribution in [0.1, 0.15) is 45.0 Å². The van der Waals surface area contributed by atoms with Gasteiger partial charge in [0.05, 0.1) is 11.3 Å². The van der Waals surface area contributed by atoms with Crippen LogP contribution in [0.25, 0.3) is 0 Å². The first-order valence-corrected chi connectivity index (χ1v) is 6.97. The fraction of sp³-hybridized carbons (Fsp3) is 0.667. The smallest absolute Gasteiger partial charge is 0.258 e. The summed E-state index contributed by atoms with van der Waals surface area (Å²) in [7, 11) is 0. The molecule has 0 saturated heterocycles. The Morgan fingerprint density at radius 2 is 2.00 bits per heavy atom. The summed E-state index contributed by atoms with van der Waals surface area (Å²) >= 11 is 1.70. The van der Waals surface area contributed by atoms with Gasteiger partial charge in [0.1, 0.15) is 5.82 Å². The lowest BCUT2D eigenvalue weighted by molar-refractivity contribution is 0.437. The summed E-state index contributed by atoms with van der Waals surface area (Å²) in [5.74, 6) is 2.63. The van der Waals surface area contributed by atoms with Crippen LogP contribution < -0.4 is 5.56 Å². The Balaban J connectivity index is 2.80. The minimum absolute atomic E-state index is 0.0244. The summed E-state index contributed by atoms with van der Waals surface area (Å²) in [6.07, 6.45) is 0. The molecule has 0 aliphatic rings. The number of aromatic nitrogens is 2. The monoisotopic (exact) mass is 256 g/mol. The van der Waals surface area contributed by atoms with Gasteiger partial charge in [-0.15, -0.1) is 0 Å². The zero-order valence-electron chi connectivity index (χ0n) is 10.8. The van der Waals surface area contributed by atoms with Crippen LogP contribution in [0.15, 0.2) is 4.79 Å². The molecule has 0 aliphatic heterocycles. The number of nitrogens with one attached hydrogen (secondary N) is 1. The lowest BCUT2D eigenvalue weighted by Gasteiger charge is -2.08. The summed E-state index contributed by atoms with van der Waals surface area (Å²) in [6.45, 7) is 8.00. The van der Waals surface area contributed by atoms with Crippen molar-refractivity contribution in [2.45, 2.75) is 39.4 Å². The molecule has 0 spiro atoms. The Labute approximate surface area is 106 Å². The highest BCUT2D eigenvalue weighted by molar-refractivity contribution is 7.98. The van der Waals surface area contributed by atoms with Crippen molar-refractivity contribution in [3.8, 4) is 5.88 Å². The number of hydrogen-bond donors (Lipinski definition) is 2. The van der Waals surface area contributed by atoms with Crippen molar-refractivity contribution in [1.29, 1.82) is 0 Å². The fourth-order valence-electron chi connectivity index (χ4n) is 1.50. The molecule has 1 aromatic heterocycles. The zero-order valence-corrected chi connectivity index (χ0v) is 11.6. The number of thioether (sulfide) groups is 1. The van der Waals surface area contributed by atoms with E-state index in [1.807, 2.05) is 13.8 Å². The van der Waals surface area contributed by atoms with E-state index in [2.05, 4.69) is 23.8 Å². The Morgan fingerprint density at radius 1 is 1.35 bits per heavy atom. The highest BCUT2D eigenvalue weighted by Crippen LogP contribution is 2.20. The third-order valence-corrected chi connectivity index (χ3v) is 3.63. The minimum atomic E-state index is -0.229. The maximum Gasteiger partial charge on any atom is 0.258 e. The maximum atomic E-state index is 11.7. The van der Waals surface area contributed by atoms with Crippen molar-refractivity contribution >= 4 is 11.8 Å². The molecular weight excluding hydrogens is 236 g/mol. The van der Waals surface area contributed by atoms with Gasteiger partial charge in [-0.05, 0) is 17.6 Å². The fourth-order valence-corrected chi connectivity index (χ4v) is 2.42. The Morgan fingerprint density at radius 3 is 2.47 bits per heavy atom. The molecular formula is C12H20N2O2S. The van der Waals surface area contributed by atoms with Crippen molar-refractivity contribution in [3.63, 3.8) is 0 Å². The van der Waals surface area contributed by atoms with Crippen LogP contribution in [-0.4, -0.2) is 20.8 Å².